The zero-order valence-electron chi connectivity index (χ0n) is 20.5. The van der Waals surface area contributed by atoms with E-state index in [9.17, 15) is 0 Å². The number of hydrogen-bond acceptors (Lipinski definition) is 5. The topological polar surface area (TPSA) is 39.7 Å². The van der Waals surface area contributed by atoms with Crippen molar-refractivity contribution in [1.29, 1.82) is 0 Å². The highest BCUT2D eigenvalue weighted by atomic mass is 32.2. The first-order chi connectivity index (χ1) is 14.0. The van der Waals surface area contributed by atoms with Crippen molar-refractivity contribution in [2.45, 2.75) is 109 Å². The van der Waals surface area contributed by atoms with Gasteiger partial charge in [-0.25, -0.2) is 0 Å². The Morgan fingerprint density at radius 1 is 1.27 bits per heavy atom. The molecule has 0 aromatic rings. The van der Waals surface area contributed by atoms with Gasteiger partial charge in [-0.15, -0.1) is 11.8 Å². The number of rotatable bonds is 9. The van der Waals surface area contributed by atoms with Crippen LogP contribution in [0.15, 0.2) is 23.3 Å². The van der Waals surface area contributed by atoms with Gasteiger partial charge in [-0.2, -0.15) is 0 Å². The maximum atomic E-state index is 6.87. The molecular weight excluding hydrogens is 410 g/mol. The SMILES string of the molecule is C/C(=C/C[C@H](O[Si](C)(C)C(C)(C)C)/C(C)=C/C1CSC(C)N1)COC1CCCCO1. The molecule has 2 aliphatic rings. The van der Waals surface area contributed by atoms with Crippen LogP contribution in [0.25, 0.3) is 0 Å². The van der Waals surface area contributed by atoms with Crippen molar-refractivity contribution in [1.82, 2.24) is 5.32 Å². The Kier molecular flexibility index (Phi) is 10.2. The highest BCUT2D eigenvalue weighted by Gasteiger charge is 2.39. The summed E-state index contributed by atoms with van der Waals surface area (Å²) in [6.07, 6.45) is 9.04. The van der Waals surface area contributed by atoms with Crippen molar-refractivity contribution in [2.24, 2.45) is 0 Å². The van der Waals surface area contributed by atoms with Gasteiger partial charge in [0.15, 0.2) is 14.6 Å². The zero-order chi connectivity index (χ0) is 22.4. The van der Waals surface area contributed by atoms with Gasteiger partial charge < -0.3 is 13.9 Å². The quantitative estimate of drug-likeness (QED) is 0.328. The summed E-state index contributed by atoms with van der Waals surface area (Å²) in [7, 11) is -1.86. The maximum absolute atomic E-state index is 6.87. The first-order valence-corrected chi connectivity index (χ1v) is 15.6. The highest BCUT2D eigenvalue weighted by Crippen LogP contribution is 2.38. The summed E-state index contributed by atoms with van der Waals surface area (Å²) in [5.74, 6) is 1.13. The van der Waals surface area contributed by atoms with Gasteiger partial charge in [-0.1, -0.05) is 38.5 Å². The van der Waals surface area contributed by atoms with Crippen LogP contribution in [-0.2, 0) is 13.9 Å². The summed E-state index contributed by atoms with van der Waals surface area (Å²) in [4.78, 5) is 0. The number of ether oxygens (including phenoxy) is 2. The minimum absolute atomic E-state index is 0.0315. The second-order valence-electron chi connectivity index (χ2n) is 10.4. The monoisotopic (exact) mass is 455 g/mol. The van der Waals surface area contributed by atoms with E-state index >= 15 is 0 Å². The molecule has 2 rings (SSSR count). The molecule has 30 heavy (non-hydrogen) atoms. The van der Waals surface area contributed by atoms with E-state index in [0.29, 0.717) is 18.0 Å². The lowest BCUT2D eigenvalue weighted by atomic mass is 10.0. The molecule has 0 aliphatic carbocycles. The average Bonchev–Trinajstić information content (AvgIpc) is 3.07. The van der Waals surface area contributed by atoms with E-state index < -0.39 is 8.32 Å². The Hall–Kier alpha value is -0.113. The summed E-state index contributed by atoms with van der Waals surface area (Å²) in [5, 5.41) is 4.37. The van der Waals surface area contributed by atoms with Crippen molar-refractivity contribution in [3.63, 3.8) is 0 Å². The Balaban J connectivity index is 2.03. The van der Waals surface area contributed by atoms with Crippen LogP contribution in [-0.4, -0.2) is 51.1 Å². The van der Waals surface area contributed by atoms with E-state index in [1.165, 1.54) is 17.6 Å². The smallest absolute Gasteiger partial charge is 0.192 e. The van der Waals surface area contributed by atoms with Crippen molar-refractivity contribution in [3.8, 4) is 0 Å². The van der Waals surface area contributed by atoms with E-state index in [1.54, 1.807) is 0 Å². The zero-order valence-corrected chi connectivity index (χ0v) is 22.4. The van der Waals surface area contributed by atoms with Crippen LogP contribution < -0.4 is 5.32 Å². The lowest BCUT2D eigenvalue weighted by molar-refractivity contribution is -0.156. The lowest BCUT2D eigenvalue weighted by Crippen LogP contribution is -2.44. The number of thioether (sulfide) groups is 1. The molecule has 0 aromatic carbocycles. The van der Waals surface area contributed by atoms with Gasteiger partial charge in [0, 0.05) is 18.4 Å². The number of hydrogen-bond donors (Lipinski definition) is 1. The second-order valence-corrected chi connectivity index (χ2v) is 16.5. The molecule has 4 nitrogen and oxygen atoms in total. The first kappa shape index (κ1) is 26.1. The fraction of sp³-hybridized carbons (Fsp3) is 0.833. The third-order valence-electron chi connectivity index (χ3n) is 6.50. The van der Waals surface area contributed by atoms with Gasteiger partial charge in [0.1, 0.15) is 0 Å². The van der Waals surface area contributed by atoms with Gasteiger partial charge in [-0.05, 0) is 70.2 Å². The molecule has 2 heterocycles. The van der Waals surface area contributed by atoms with E-state index in [4.69, 9.17) is 13.9 Å². The van der Waals surface area contributed by atoms with Crippen LogP contribution in [0.3, 0.4) is 0 Å². The molecule has 0 saturated carbocycles. The molecule has 3 unspecified atom stereocenters. The number of nitrogens with one attached hydrogen (secondary N) is 1. The average molecular weight is 456 g/mol. The third-order valence-corrected chi connectivity index (χ3v) is 12.2. The Morgan fingerprint density at radius 2 is 2.00 bits per heavy atom. The van der Waals surface area contributed by atoms with Gasteiger partial charge in [0.25, 0.3) is 0 Å². The molecule has 2 aliphatic heterocycles. The molecule has 2 fully saturated rings. The molecule has 6 heteroatoms. The van der Waals surface area contributed by atoms with E-state index in [0.717, 1.165) is 31.6 Å². The Labute approximate surface area is 190 Å². The normalized spacial score (nSPS) is 28.1. The summed E-state index contributed by atoms with van der Waals surface area (Å²) in [6.45, 7) is 19.7. The summed E-state index contributed by atoms with van der Waals surface area (Å²) in [6, 6.07) is 0.437. The van der Waals surface area contributed by atoms with Crippen LogP contribution in [0.5, 0.6) is 0 Å². The Bertz CT molecular complexity index is 594. The van der Waals surface area contributed by atoms with Crippen LogP contribution in [0.2, 0.25) is 18.1 Å². The predicted molar refractivity (Wildman–Crippen MR) is 133 cm³/mol. The molecule has 2 saturated heterocycles. The van der Waals surface area contributed by atoms with Crippen LogP contribution >= 0.6 is 11.8 Å². The molecule has 0 bridgehead atoms. The van der Waals surface area contributed by atoms with Gasteiger partial charge in [0.2, 0.25) is 0 Å². The summed E-state index contributed by atoms with van der Waals surface area (Å²) in [5.41, 5.74) is 2.59. The molecule has 0 amide bonds. The summed E-state index contributed by atoms with van der Waals surface area (Å²) < 4.78 is 18.5. The van der Waals surface area contributed by atoms with Crippen molar-refractivity contribution in [2.75, 3.05) is 19.0 Å². The van der Waals surface area contributed by atoms with Gasteiger partial charge >= 0.3 is 0 Å². The molecule has 0 spiro atoms. The predicted octanol–water partition coefficient (Wildman–Crippen LogP) is 6.25. The van der Waals surface area contributed by atoms with E-state index in [2.05, 4.69) is 72.1 Å². The first-order valence-electron chi connectivity index (χ1n) is 11.6. The minimum Gasteiger partial charge on any atom is -0.410 e. The van der Waals surface area contributed by atoms with Crippen molar-refractivity contribution >= 4 is 20.1 Å². The van der Waals surface area contributed by atoms with Crippen LogP contribution in [0.1, 0.15) is 67.2 Å². The lowest BCUT2D eigenvalue weighted by Gasteiger charge is -2.39. The maximum Gasteiger partial charge on any atom is 0.192 e. The molecule has 174 valence electrons. The van der Waals surface area contributed by atoms with Gasteiger partial charge in [-0.3, -0.25) is 5.32 Å². The van der Waals surface area contributed by atoms with Crippen LogP contribution in [0, 0.1) is 0 Å². The Morgan fingerprint density at radius 3 is 2.57 bits per heavy atom. The second kappa shape index (κ2) is 11.7. The summed E-state index contributed by atoms with van der Waals surface area (Å²) >= 11 is 1.99. The van der Waals surface area contributed by atoms with Crippen molar-refractivity contribution < 1.29 is 13.9 Å². The van der Waals surface area contributed by atoms with Crippen molar-refractivity contribution in [3.05, 3.63) is 23.3 Å². The molecular formula is C24H45NO3SSi. The fourth-order valence-corrected chi connectivity index (χ4v) is 5.77. The molecule has 1 N–H and O–H groups in total. The van der Waals surface area contributed by atoms with Crippen LogP contribution in [0.4, 0.5) is 0 Å². The van der Waals surface area contributed by atoms with E-state index in [1.807, 2.05) is 11.8 Å². The largest absolute Gasteiger partial charge is 0.410 e. The van der Waals surface area contributed by atoms with Gasteiger partial charge in [0.05, 0.1) is 18.1 Å². The molecule has 0 aromatic heterocycles. The highest BCUT2D eigenvalue weighted by molar-refractivity contribution is 8.00. The molecule has 0 radical (unpaired) electrons. The standard InChI is InChI=1S/C24H45NO3SSi/c1-18(16-27-23-11-9-10-14-26-23)12-13-22(28-30(7,8)24(4,5)6)19(2)15-21-17-29-20(3)25-21/h12,15,20-23,25H,9-11,13-14,16-17H2,1-8H3/b18-12-,19-15+/t20?,21?,22-,23?/m0/s1. The minimum atomic E-state index is -1.86. The molecule has 4 atom stereocenters. The fourth-order valence-electron chi connectivity index (χ4n) is 3.46. The van der Waals surface area contributed by atoms with E-state index in [-0.39, 0.29) is 17.4 Å². The third kappa shape index (κ3) is 8.44.